The highest BCUT2D eigenvalue weighted by Crippen LogP contribution is 2.33. The molecule has 1 aromatic heterocycles. The number of rotatable bonds is 12. The van der Waals surface area contributed by atoms with Crippen molar-refractivity contribution in [2.24, 2.45) is 0 Å². The van der Waals surface area contributed by atoms with Crippen LogP contribution in [0.5, 0.6) is 0 Å². The molecule has 0 fully saturated rings. The number of carbonyl (C=O) groups excluding carboxylic acids is 2. The summed E-state index contributed by atoms with van der Waals surface area (Å²) in [6.07, 6.45) is 6.18. The number of para-hydroxylation sites is 1. The Morgan fingerprint density at radius 3 is 2.19 bits per heavy atom. The molecule has 7 nitrogen and oxygen atoms in total. The maximum absolute atomic E-state index is 13.7. The van der Waals surface area contributed by atoms with E-state index in [1.807, 2.05) is 102 Å². The van der Waals surface area contributed by atoms with Gasteiger partial charge in [0.25, 0.3) is 5.91 Å². The van der Waals surface area contributed by atoms with Gasteiger partial charge >= 0.3 is 0 Å². The van der Waals surface area contributed by atoms with E-state index >= 15 is 0 Å². The number of pyridine rings is 1. The van der Waals surface area contributed by atoms with E-state index in [4.69, 9.17) is 0 Å². The highest BCUT2D eigenvalue weighted by Gasteiger charge is 2.26. The van der Waals surface area contributed by atoms with Gasteiger partial charge in [-0.25, -0.2) is 4.98 Å². The number of aromatic nitrogens is 1. The van der Waals surface area contributed by atoms with Crippen LogP contribution in [0.1, 0.15) is 41.6 Å². The molecule has 0 aliphatic carbocycles. The predicted molar refractivity (Wildman–Crippen MR) is 171 cm³/mol. The Hall–Kier alpha value is -4.49. The fourth-order valence-electron chi connectivity index (χ4n) is 5.25. The van der Waals surface area contributed by atoms with Crippen LogP contribution >= 0.6 is 0 Å². The normalized spacial score (nSPS) is 12.6. The van der Waals surface area contributed by atoms with E-state index in [0.717, 1.165) is 53.9 Å². The summed E-state index contributed by atoms with van der Waals surface area (Å²) in [7, 11) is 4.20. The van der Waals surface area contributed by atoms with Crippen molar-refractivity contribution < 1.29 is 9.59 Å². The second-order valence-corrected chi connectivity index (χ2v) is 11.0. The summed E-state index contributed by atoms with van der Waals surface area (Å²) in [6.45, 7) is 2.47. The standard InChI is InChI=1S/C35H39N5O2/c1-38(2)21-11-3-4-12-22-39(31-15-9-6-10-16-31)35(42)29-19-17-28(18-20-29)30-23-32-34(36-24-30)37-25-33(41)40(32)26-27-13-7-5-8-14-27/h5-10,13-20,23-24H,3-4,11-12,21-22,25-26H2,1-2H3,(H,36,37). The van der Waals surface area contributed by atoms with Crippen LogP contribution in [0.4, 0.5) is 17.2 Å². The highest BCUT2D eigenvalue weighted by molar-refractivity contribution is 6.06. The van der Waals surface area contributed by atoms with Gasteiger partial charge in [0.05, 0.1) is 18.8 Å². The number of hydrogen-bond donors (Lipinski definition) is 1. The summed E-state index contributed by atoms with van der Waals surface area (Å²) in [5.74, 6) is 0.694. The summed E-state index contributed by atoms with van der Waals surface area (Å²) < 4.78 is 0. The second kappa shape index (κ2) is 13.9. The van der Waals surface area contributed by atoms with Crippen LogP contribution in [-0.2, 0) is 11.3 Å². The zero-order valence-electron chi connectivity index (χ0n) is 24.5. The highest BCUT2D eigenvalue weighted by atomic mass is 16.2. The van der Waals surface area contributed by atoms with Gasteiger partial charge in [0.15, 0.2) is 5.82 Å². The predicted octanol–water partition coefficient (Wildman–Crippen LogP) is 6.48. The van der Waals surface area contributed by atoms with Crippen LogP contribution in [0.3, 0.4) is 0 Å². The van der Waals surface area contributed by atoms with Gasteiger partial charge < -0.3 is 20.0 Å². The Kier molecular flexibility index (Phi) is 9.62. The average molecular weight is 562 g/mol. The summed E-state index contributed by atoms with van der Waals surface area (Å²) in [6, 6.07) is 29.6. The van der Waals surface area contributed by atoms with Crippen molar-refractivity contribution in [1.82, 2.24) is 9.88 Å². The first-order chi connectivity index (χ1) is 20.5. The molecule has 3 aromatic carbocycles. The molecule has 2 amide bonds. The van der Waals surface area contributed by atoms with Crippen molar-refractivity contribution in [3.8, 4) is 11.1 Å². The van der Waals surface area contributed by atoms with Crippen molar-refractivity contribution >= 4 is 29.0 Å². The minimum absolute atomic E-state index is 0.00458. The number of amides is 2. The number of carbonyl (C=O) groups is 2. The van der Waals surface area contributed by atoms with E-state index in [1.54, 1.807) is 4.90 Å². The fourth-order valence-corrected chi connectivity index (χ4v) is 5.25. The van der Waals surface area contributed by atoms with Gasteiger partial charge in [-0.3, -0.25) is 9.59 Å². The second-order valence-electron chi connectivity index (χ2n) is 11.0. The molecule has 0 saturated heterocycles. The van der Waals surface area contributed by atoms with E-state index in [0.29, 0.717) is 24.5 Å². The Bertz CT molecular complexity index is 1470. The number of benzene rings is 3. The van der Waals surface area contributed by atoms with Crippen molar-refractivity contribution in [3.63, 3.8) is 0 Å². The van der Waals surface area contributed by atoms with Crippen LogP contribution in [-0.4, -0.2) is 55.4 Å². The summed E-state index contributed by atoms with van der Waals surface area (Å²) in [4.78, 5) is 37.1. The monoisotopic (exact) mass is 561 g/mol. The molecule has 0 bridgehead atoms. The lowest BCUT2D eigenvalue weighted by molar-refractivity contribution is -0.117. The quantitative estimate of drug-likeness (QED) is 0.201. The molecule has 0 unspecified atom stereocenters. The number of hydrogen-bond acceptors (Lipinski definition) is 5. The molecule has 0 spiro atoms. The molecule has 42 heavy (non-hydrogen) atoms. The number of nitrogens with zero attached hydrogens (tertiary/aromatic N) is 4. The van der Waals surface area contributed by atoms with Crippen LogP contribution < -0.4 is 15.1 Å². The van der Waals surface area contributed by atoms with E-state index in [-0.39, 0.29) is 18.4 Å². The topological polar surface area (TPSA) is 68.8 Å². The third kappa shape index (κ3) is 7.22. The van der Waals surface area contributed by atoms with Crippen molar-refractivity contribution in [3.05, 3.63) is 108 Å². The minimum Gasteiger partial charge on any atom is -0.359 e. The lowest BCUT2D eigenvalue weighted by Crippen LogP contribution is -2.39. The van der Waals surface area contributed by atoms with Crippen molar-refractivity contribution in [1.29, 1.82) is 0 Å². The number of nitrogens with one attached hydrogen (secondary N) is 1. The van der Waals surface area contributed by atoms with Gasteiger partial charge in [-0.15, -0.1) is 0 Å². The summed E-state index contributed by atoms with van der Waals surface area (Å²) in [5, 5.41) is 3.14. The van der Waals surface area contributed by atoms with Crippen molar-refractivity contribution in [2.45, 2.75) is 32.2 Å². The molecule has 0 atom stereocenters. The molecule has 1 N–H and O–H groups in total. The van der Waals surface area contributed by atoms with Gasteiger partial charge in [0.1, 0.15) is 0 Å². The molecule has 216 valence electrons. The summed E-state index contributed by atoms with van der Waals surface area (Å²) in [5.41, 5.74) is 5.20. The lowest BCUT2D eigenvalue weighted by atomic mass is 10.0. The molecule has 0 radical (unpaired) electrons. The molecule has 2 heterocycles. The number of unbranched alkanes of at least 4 members (excludes halogenated alkanes) is 3. The number of fused-ring (bicyclic) bond motifs is 1. The first kappa shape index (κ1) is 29.0. The largest absolute Gasteiger partial charge is 0.359 e. The van der Waals surface area contributed by atoms with Gasteiger partial charge in [0.2, 0.25) is 5.91 Å². The maximum Gasteiger partial charge on any atom is 0.258 e. The molecular weight excluding hydrogens is 522 g/mol. The van der Waals surface area contributed by atoms with Crippen LogP contribution in [0.2, 0.25) is 0 Å². The average Bonchev–Trinajstić information content (AvgIpc) is 3.02. The Morgan fingerprint density at radius 2 is 1.50 bits per heavy atom. The smallest absolute Gasteiger partial charge is 0.258 e. The zero-order valence-corrected chi connectivity index (χ0v) is 24.5. The third-order valence-electron chi connectivity index (χ3n) is 7.57. The molecule has 4 aromatic rings. The Balaban J connectivity index is 1.31. The number of anilines is 3. The molecule has 1 aliphatic heterocycles. The van der Waals surface area contributed by atoms with Gasteiger partial charge in [0, 0.05) is 29.6 Å². The van der Waals surface area contributed by atoms with Crippen LogP contribution in [0.25, 0.3) is 11.1 Å². The van der Waals surface area contributed by atoms with Gasteiger partial charge in [-0.2, -0.15) is 0 Å². The van der Waals surface area contributed by atoms with Crippen molar-refractivity contribution in [2.75, 3.05) is 48.8 Å². The van der Waals surface area contributed by atoms with Crippen LogP contribution in [0.15, 0.2) is 97.2 Å². The maximum atomic E-state index is 13.7. The van der Waals surface area contributed by atoms with Gasteiger partial charge in [-0.05, 0) is 74.9 Å². The Labute approximate surface area is 248 Å². The third-order valence-corrected chi connectivity index (χ3v) is 7.57. The summed E-state index contributed by atoms with van der Waals surface area (Å²) >= 11 is 0. The SMILES string of the molecule is CN(C)CCCCCCN(C(=O)c1ccc(-c2cnc3c(c2)N(Cc2ccccc2)C(=O)CN3)cc1)c1ccccc1. The lowest BCUT2D eigenvalue weighted by Gasteiger charge is -2.30. The molecular formula is C35H39N5O2. The van der Waals surface area contributed by atoms with E-state index in [2.05, 4.69) is 29.3 Å². The molecule has 1 aliphatic rings. The fraction of sp³-hybridized carbons (Fsp3) is 0.286. The van der Waals surface area contributed by atoms with Gasteiger partial charge in [-0.1, -0.05) is 73.5 Å². The first-order valence-corrected chi connectivity index (χ1v) is 14.7. The Morgan fingerprint density at radius 1 is 0.833 bits per heavy atom. The zero-order chi connectivity index (χ0) is 29.3. The van der Waals surface area contributed by atoms with Crippen LogP contribution in [0, 0.1) is 0 Å². The van der Waals surface area contributed by atoms with E-state index in [1.165, 1.54) is 6.42 Å². The molecule has 0 saturated carbocycles. The van der Waals surface area contributed by atoms with E-state index < -0.39 is 0 Å². The molecule has 7 heteroatoms. The first-order valence-electron chi connectivity index (χ1n) is 14.7. The van der Waals surface area contributed by atoms with E-state index in [9.17, 15) is 9.59 Å². The minimum atomic E-state index is -0.00607. The molecule has 5 rings (SSSR count).